The summed E-state index contributed by atoms with van der Waals surface area (Å²) in [5, 5.41) is 0. The Morgan fingerprint density at radius 1 is 1.16 bits per heavy atom. The highest BCUT2D eigenvalue weighted by molar-refractivity contribution is 5.80. The highest BCUT2D eigenvalue weighted by atomic mass is 16.6. The van der Waals surface area contributed by atoms with E-state index in [1.54, 1.807) is 14.0 Å². The van der Waals surface area contributed by atoms with E-state index in [1.165, 1.54) is 0 Å². The van der Waals surface area contributed by atoms with Gasteiger partial charge in [-0.15, -0.1) is 0 Å². The van der Waals surface area contributed by atoms with E-state index < -0.39 is 17.1 Å². The lowest BCUT2D eigenvalue weighted by atomic mass is 9.93. The van der Waals surface area contributed by atoms with Crippen molar-refractivity contribution in [3.63, 3.8) is 0 Å². The fourth-order valence-electron chi connectivity index (χ4n) is 1.63. The molecule has 0 aliphatic carbocycles. The molecule has 2 N–H and O–H groups in total. The molecule has 0 spiro atoms. The summed E-state index contributed by atoms with van der Waals surface area (Å²) in [7, 11) is 1.61. The van der Waals surface area contributed by atoms with Gasteiger partial charge in [0.1, 0.15) is 16.9 Å². The number of nitrogens with two attached hydrogens (primary N) is 1. The topological polar surface area (TPSA) is 61.5 Å². The molecule has 4 nitrogen and oxygen atoms in total. The summed E-state index contributed by atoms with van der Waals surface area (Å²) < 4.78 is 10.4. The molecule has 1 aromatic rings. The van der Waals surface area contributed by atoms with Crippen LogP contribution in [-0.4, -0.2) is 24.2 Å². The maximum absolute atomic E-state index is 12.0. The van der Waals surface area contributed by atoms with Gasteiger partial charge in [-0.05, 0) is 45.4 Å². The Bertz CT molecular complexity index is 430. The van der Waals surface area contributed by atoms with Crippen LogP contribution < -0.4 is 10.5 Å². The minimum atomic E-state index is -1.04. The summed E-state index contributed by atoms with van der Waals surface area (Å²) in [5.41, 5.74) is 5.46. The molecule has 0 saturated heterocycles. The van der Waals surface area contributed by atoms with E-state index in [0.717, 1.165) is 11.3 Å². The average molecular weight is 265 g/mol. The van der Waals surface area contributed by atoms with E-state index in [1.807, 2.05) is 45.0 Å². The minimum Gasteiger partial charge on any atom is -0.497 e. The largest absolute Gasteiger partial charge is 0.497 e. The van der Waals surface area contributed by atoms with Crippen LogP contribution in [0.5, 0.6) is 5.75 Å². The third kappa shape index (κ3) is 4.91. The molecule has 0 saturated carbocycles. The van der Waals surface area contributed by atoms with Gasteiger partial charge in [-0.3, -0.25) is 4.79 Å². The predicted octanol–water partition coefficient (Wildman–Crippen LogP) is 2.30. The van der Waals surface area contributed by atoms with Crippen molar-refractivity contribution < 1.29 is 14.3 Å². The van der Waals surface area contributed by atoms with Crippen molar-refractivity contribution in [2.24, 2.45) is 5.73 Å². The molecule has 0 bridgehead atoms. The third-order valence-corrected chi connectivity index (χ3v) is 2.60. The van der Waals surface area contributed by atoms with Crippen molar-refractivity contribution in [3.8, 4) is 5.75 Å². The zero-order chi connectivity index (χ0) is 14.7. The molecule has 19 heavy (non-hydrogen) atoms. The Morgan fingerprint density at radius 3 is 2.11 bits per heavy atom. The molecule has 1 rings (SSSR count). The van der Waals surface area contributed by atoms with Crippen LogP contribution in [0.2, 0.25) is 0 Å². The quantitative estimate of drug-likeness (QED) is 0.848. The van der Waals surface area contributed by atoms with Crippen molar-refractivity contribution in [1.29, 1.82) is 0 Å². The fraction of sp³-hybridized carbons (Fsp3) is 0.533. The Kier molecular flexibility index (Phi) is 4.58. The molecule has 0 aromatic heterocycles. The number of hydrogen-bond donors (Lipinski definition) is 1. The van der Waals surface area contributed by atoms with E-state index in [4.69, 9.17) is 15.2 Å². The molecule has 0 fully saturated rings. The summed E-state index contributed by atoms with van der Waals surface area (Å²) in [6, 6.07) is 7.49. The maximum atomic E-state index is 12.0. The van der Waals surface area contributed by atoms with Crippen LogP contribution in [0.15, 0.2) is 24.3 Å². The van der Waals surface area contributed by atoms with Crippen molar-refractivity contribution in [3.05, 3.63) is 29.8 Å². The maximum Gasteiger partial charge on any atom is 0.326 e. The molecule has 0 radical (unpaired) electrons. The standard InChI is InChI=1S/C15H23NO3/c1-14(2,3)19-13(17)15(4,16)10-11-6-8-12(18-5)9-7-11/h6-9H,10,16H2,1-5H3/t15-/m0/s1. The van der Waals surface area contributed by atoms with Crippen LogP contribution in [0.4, 0.5) is 0 Å². The van der Waals surface area contributed by atoms with Crippen LogP contribution >= 0.6 is 0 Å². The predicted molar refractivity (Wildman–Crippen MR) is 75.1 cm³/mol. The molecule has 106 valence electrons. The summed E-state index contributed by atoms with van der Waals surface area (Å²) >= 11 is 0. The average Bonchev–Trinajstić information content (AvgIpc) is 2.27. The van der Waals surface area contributed by atoms with E-state index in [9.17, 15) is 4.79 Å². The van der Waals surface area contributed by atoms with Gasteiger partial charge in [-0.2, -0.15) is 0 Å². The number of rotatable bonds is 4. The van der Waals surface area contributed by atoms with Gasteiger partial charge in [0.05, 0.1) is 7.11 Å². The summed E-state index contributed by atoms with van der Waals surface area (Å²) in [4.78, 5) is 12.0. The first-order valence-corrected chi connectivity index (χ1v) is 6.29. The van der Waals surface area contributed by atoms with Crippen LogP contribution in [-0.2, 0) is 16.0 Å². The Balaban J connectivity index is 2.74. The van der Waals surface area contributed by atoms with Gasteiger partial charge in [0, 0.05) is 6.42 Å². The second-order valence-electron chi connectivity index (χ2n) is 5.94. The molecular formula is C15H23NO3. The summed E-state index contributed by atoms with van der Waals surface area (Å²) in [5.74, 6) is 0.385. The van der Waals surface area contributed by atoms with Crippen molar-refractivity contribution in [2.75, 3.05) is 7.11 Å². The van der Waals surface area contributed by atoms with Gasteiger partial charge in [-0.25, -0.2) is 0 Å². The van der Waals surface area contributed by atoms with Crippen LogP contribution in [0.3, 0.4) is 0 Å². The number of esters is 1. The third-order valence-electron chi connectivity index (χ3n) is 2.60. The second-order valence-corrected chi connectivity index (χ2v) is 5.94. The first-order chi connectivity index (χ1) is 8.64. The van der Waals surface area contributed by atoms with E-state index in [2.05, 4.69) is 0 Å². The number of ether oxygens (including phenoxy) is 2. The van der Waals surface area contributed by atoms with Crippen molar-refractivity contribution in [1.82, 2.24) is 0 Å². The Hall–Kier alpha value is -1.55. The molecular weight excluding hydrogens is 242 g/mol. The summed E-state index contributed by atoms with van der Waals surface area (Å²) in [6.07, 6.45) is 0.423. The monoisotopic (exact) mass is 265 g/mol. The highest BCUT2D eigenvalue weighted by Crippen LogP contribution is 2.19. The van der Waals surface area contributed by atoms with Crippen molar-refractivity contribution in [2.45, 2.75) is 45.3 Å². The number of carbonyl (C=O) groups is 1. The molecule has 0 heterocycles. The molecule has 1 atom stereocenters. The van der Waals surface area contributed by atoms with E-state index in [-0.39, 0.29) is 0 Å². The molecule has 0 aliphatic rings. The number of benzene rings is 1. The molecule has 4 heteroatoms. The van der Waals surface area contributed by atoms with Crippen LogP contribution in [0.1, 0.15) is 33.3 Å². The van der Waals surface area contributed by atoms with Gasteiger partial charge < -0.3 is 15.2 Å². The normalized spacial score (nSPS) is 14.6. The number of methoxy groups -OCH3 is 1. The second kappa shape index (κ2) is 5.61. The first-order valence-electron chi connectivity index (χ1n) is 6.29. The highest BCUT2D eigenvalue weighted by Gasteiger charge is 2.33. The van der Waals surface area contributed by atoms with Gasteiger partial charge in [0.15, 0.2) is 0 Å². The Labute approximate surface area is 114 Å². The molecule has 0 aliphatic heterocycles. The van der Waals surface area contributed by atoms with Gasteiger partial charge in [0.2, 0.25) is 0 Å². The minimum absolute atomic E-state index is 0.393. The zero-order valence-corrected chi connectivity index (χ0v) is 12.3. The van der Waals surface area contributed by atoms with Gasteiger partial charge in [0.25, 0.3) is 0 Å². The summed E-state index contributed by atoms with van der Waals surface area (Å²) in [6.45, 7) is 7.17. The lowest BCUT2D eigenvalue weighted by Crippen LogP contribution is -2.50. The number of carbonyl (C=O) groups excluding carboxylic acids is 1. The van der Waals surface area contributed by atoms with Crippen LogP contribution in [0.25, 0.3) is 0 Å². The lowest BCUT2D eigenvalue weighted by Gasteiger charge is -2.28. The van der Waals surface area contributed by atoms with Gasteiger partial charge in [-0.1, -0.05) is 12.1 Å². The fourth-order valence-corrected chi connectivity index (χ4v) is 1.63. The zero-order valence-electron chi connectivity index (χ0n) is 12.3. The van der Waals surface area contributed by atoms with Gasteiger partial charge >= 0.3 is 5.97 Å². The van der Waals surface area contributed by atoms with E-state index in [0.29, 0.717) is 6.42 Å². The first kappa shape index (κ1) is 15.5. The van der Waals surface area contributed by atoms with Crippen molar-refractivity contribution >= 4 is 5.97 Å². The smallest absolute Gasteiger partial charge is 0.326 e. The Morgan fingerprint density at radius 2 is 1.68 bits per heavy atom. The molecule has 0 amide bonds. The van der Waals surface area contributed by atoms with E-state index >= 15 is 0 Å². The molecule has 0 unspecified atom stereocenters. The lowest BCUT2D eigenvalue weighted by molar-refractivity contribution is -0.160. The SMILES string of the molecule is COc1ccc(C[C@](C)(N)C(=O)OC(C)(C)C)cc1. The molecule has 1 aromatic carbocycles. The van der Waals surface area contributed by atoms with Crippen LogP contribution in [0, 0.1) is 0 Å². The number of hydrogen-bond acceptors (Lipinski definition) is 4.